The molecule has 3 rings (SSSR count). The molecule has 2 amide bonds. The van der Waals surface area contributed by atoms with E-state index in [0.717, 1.165) is 0 Å². The highest BCUT2D eigenvalue weighted by atomic mass is 35.5. The van der Waals surface area contributed by atoms with Gasteiger partial charge in [-0.15, -0.1) is 0 Å². The molecule has 1 aliphatic heterocycles. The fourth-order valence-electron chi connectivity index (χ4n) is 2.59. The molecule has 0 aromatic heterocycles. The third-order valence-electron chi connectivity index (χ3n) is 3.99. The maximum atomic E-state index is 12.3. The summed E-state index contributed by atoms with van der Waals surface area (Å²) in [4.78, 5) is 25.9. The first-order chi connectivity index (χ1) is 12.5. The first kappa shape index (κ1) is 18.1. The Balaban J connectivity index is 1.49. The van der Waals surface area contributed by atoms with E-state index in [1.807, 2.05) is 24.3 Å². The van der Waals surface area contributed by atoms with E-state index in [-0.39, 0.29) is 24.5 Å². The first-order valence-corrected chi connectivity index (χ1v) is 8.57. The van der Waals surface area contributed by atoms with Crippen molar-refractivity contribution in [1.29, 1.82) is 0 Å². The van der Waals surface area contributed by atoms with Crippen LogP contribution in [0.2, 0.25) is 5.02 Å². The molecule has 1 atom stereocenters. The fourth-order valence-corrected chi connectivity index (χ4v) is 2.81. The van der Waals surface area contributed by atoms with Crippen LogP contribution in [0.5, 0.6) is 11.5 Å². The van der Waals surface area contributed by atoms with Crippen LogP contribution >= 0.6 is 11.6 Å². The molecule has 1 unspecified atom stereocenters. The lowest BCUT2D eigenvalue weighted by molar-refractivity contribution is -0.130. The van der Waals surface area contributed by atoms with Gasteiger partial charge in [-0.3, -0.25) is 9.59 Å². The van der Waals surface area contributed by atoms with Gasteiger partial charge in [0.25, 0.3) is 5.91 Å². The van der Waals surface area contributed by atoms with Crippen molar-refractivity contribution in [2.45, 2.75) is 6.10 Å². The van der Waals surface area contributed by atoms with E-state index in [1.165, 1.54) is 4.90 Å². The topological polar surface area (TPSA) is 67.9 Å². The maximum absolute atomic E-state index is 12.3. The molecule has 1 heterocycles. The summed E-state index contributed by atoms with van der Waals surface area (Å²) in [5, 5.41) is 2.93. The molecule has 2 aromatic rings. The Kier molecular flexibility index (Phi) is 5.63. The summed E-state index contributed by atoms with van der Waals surface area (Å²) in [7, 11) is 1.66. The Morgan fingerprint density at radius 1 is 1.15 bits per heavy atom. The number of carbonyl (C=O) groups is 2. The van der Waals surface area contributed by atoms with Gasteiger partial charge in [-0.1, -0.05) is 35.9 Å². The number of ether oxygens (including phenoxy) is 2. The summed E-state index contributed by atoms with van der Waals surface area (Å²) in [5.41, 5.74) is 0.338. The normalized spacial score (nSPS) is 15.2. The van der Waals surface area contributed by atoms with E-state index in [9.17, 15) is 9.59 Å². The highest BCUT2D eigenvalue weighted by molar-refractivity contribution is 6.33. The number of para-hydroxylation sites is 2. The molecule has 0 aliphatic carbocycles. The molecule has 0 saturated carbocycles. The number of halogens is 1. The van der Waals surface area contributed by atoms with Crippen LogP contribution in [0.4, 0.5) is 0 Å². The monoisotopic (exact) mass is 374 g/mol. The lowest BCUT2D eigenvalue weighted by atomic mass is 10.2. The maximum Gasteiger partial charge on any atom is 0.253 e. The fraction of sp³-hybridized carbons (Fsp3) is 0.263. The number of likely N-dealkylation sites (N-methyl/N-ethyl adjacent to an activating group) is 1. The first-order valence-electron chi connectivity index (χ1n) is 8.20. The van der Waals surface area contributed by atoms with Gasteiger partial charge in [-0.05, 0) is 24.3 Å². The minimum Gasteiger partial charge on any atom is -0.486 e. The second kappa shape index (κ2) is 8.10. The molecule has 0 radical (unpaired) electrons. The van der Waals surface area contributed by atoms with E-state index >= 15 is 0 Å². The quantitative estimate of drug-likeness (QED) is 0.872. The average Bonchev–Trinajstić information content (AvgIpc) is 2.66. The van der Waals surface area contributed by atoms with Gasteiger partial charge in [0.05, 0.1) is 23.7 Å². The zero-order valence-electron chi connectivity index (χ0n) is 14.3. The van der Waals surface area contributed by atoms with Crippen LogP contribution in [-0.4, -0.2) is 49.6 Å². The Morgan fingerprint density at radius 3 is 2.62 bits per heavy atom. The zero-order valence-corrected chi connectivity index (χ0v) is 15.0. The second-order valence-corrected chi connectivity index (χ2v) is 6.34. The summed E-state index contributed by atoms with van der Waals surface area (Å²) >= 11 is 5.98. The van der Waals surface area contributed by atoms with Crippen LogP contribution in [0, 0.1) is 0 Å². The van der Waals surface area contributed by atoms with Gasteiger partial charge >= 0.3 is 0 Å². The van der Waals surface area contributed by atoms with E-state index < -0.39 is 0 Å². The smallest absolute Gasteiger partial charge is 0.253 e. The molecule has 0 saturated heterocycles. The van der Waals surface area contributed by atoms with Crippen molar-refractivity contribution in [3.8, 4) is 11.5 Å². The Bertz CT molecular complexity index is 812. The van der Waals surface area contributed by atoms with E-state index in [4.69, 9.17) is 21.1 Å². The van der Waals surface area contributed by atoms with Crippen LogP contribution in [-0.2, 0) is 4.79 Å². The van der Waals surface area contributed by atoms with Crippen molar-refractivity contribution in [3.05, 3.63) is 59.1 Å². The molecule has 1 N–H and O–H groups in total. The van der Waals surface area contributed by atoms with Crippen LogP contribution < -0.4 is 14.8 Å². The Morgan fingerprint density at radius 2 is 1.85 bits per heavy atom. The lowest BCUT2D eigenvalue weighted by Gasteiger charge is -2.29. The van der Waals surface area contributed by atoms with E-state index in [0.29, 0.717) is 35.2 Å². The number of carbonyl (C=O) groups excluding carboxylic acids is 2. The van der Waals surface area contributed by atoms with Gasteiger partial charge in [0.2, 0.25) is 5.91 Å². The predicted octanol–water partition coefficient (Wildman–Crippen LogP) is 2.37. The molecule has 6 nitrogen and oxygen atoms in total. The number of nitrogens with zero attached hydrogens (tertiary/aromatic N) is 1. The van der Waals surface area contributed by atoms with Crippen LogP contribution in [0.25, 0.3) is 0 Å². The minimum absolute atomic E-state index is 0.120. The number of amides is 2. The third kappa shape index (κ3) is 4.26. The second-order valence-electron chi connectivity index (χ2n) is 5.93. The van der Waals surface area contributed by atoms with Crippen molar-refractivity contribution >= 4 is 23.4 Å². The Labute approximate surface area is 156 Å². The summed E-state index contributed by atoms with van der Waals surface area (Å²) in [6.45, 7) is 0.598. The number of hydrogen-bond donors (Lipinski definition) is 1. The average molecular weight is 375 g/mol. The van der Waals surface area contributed by atoms with E-state index in [1.54, 1.807) is 31.3 Å². The van der Waals surface area contributed by atoms with Gasteiger partial charge in [-0.25, -0.2) is 0 Å². The van der Waals surface area contributed by atoms with Gasteiger partial charge in [0.1, 0.15) is 6.61 Å². The van der Waals surface area contributed by atoms with E-state index in [2.05, 4.69) is 5.32 Å². The highest BCUT2D eigenvalue weighted by Crippen LogP contribution is 2.30. The van der Waals surface area contributed by atoms with Crippen molar-refractivity contribution in [2.24, 2.45) is 0 Å². The number of benzene rings is 2. The SMILES string of the molecule is CN(CC1COc2ccccc2O1)C(=O)CNC(=O)c1ccccc1Cl. The standard InChI is InChI=1S/C19H19ClN2O4/c1-22(11-13-12-25-16-8-4-5-9-17(16)26-13)18(23)10-21-19(24)14-6-2-3-7-15(14)20/h2-9,13H,10-12H2,1H3,(H,21,24). The molecule has 0 fully saturated rings. The van der Waals surface area contributed by atoms with Crippen LogP contribution in [0.15, 0.2) is 48.5 Å². The molecular formula is C19H19ClN2O4. The summed E-state index contributed by atoms with van der Waals surface area (Å²) < 4.78 is 11.5. The molecule has 1 aliphatic rings. The summed E-state index contributed by atoms with van der Waals surface area (Å²) in [6.07, 6.45) is -0.266. The van der Waals surface area contributed by atoms with Crippen LogP contribution in [0.1, 0.15) is 10.4 Å². The zero-order chi connectivity index (χ0) is 18.5. The largest absolute Gasteiger partial charge is 0.486 e. The summed E-state index contributed by atoms with van der Waals surface area (Å²) in [6, 6.07) is 14.1. The molecule has 0 spiro atoms. The van der Waals surface area contributed by atoms with Gasteiger partial charge in [-0.2, -0.15) is 0 Å². The number of hydrogen-bond acceptors (Lipinski definition) is 4. The molecule has 2 aromatic carbocycles. The minimum atomic E-state index is -0.386. The van der Waals surface area contributed by atoms with Crippen molar-refractivity contribution < 1.29 is 19.1 Å². The lowest BCUT2D eigenvalue weighted by Crippen LogP contribution is -2.45. The molecule has 26 heavy (non-hydrogen) atoms. The van der Waals surface area contributed by atoms with Crippen molar-refractivity contribution in [3.63, 3.8) is 0 Å². The van der Waals surface area contributed by atoms with Gasteiger partial charge < -0.3 is 19.7 Å². The van der Waals surface area contributed by atoms with Crippen molar-refractivity contribution in [2.75, 3.05) is 26.7 Å². The van der Waals surface area contributed by atoms with Crippen molar-refractivity contribution in [1.82, 2.24) is 10.2 Å². The number of fused-ring (bicyclic) bond motifs is 1. The van der Waals surface area contributed by atoms with Crippen LogP contribution in [0.3, 0.4) is 0 Å². The Hall–Kier alpha value is -2.73. The number of rotatable bonds is 5. The molecule has 0 bridgehead atoms. The third-order valence-corrected chi connectivity index (χ3v) is 4.32. The molecule has 7 heteroatoms. The highest BCUT2D eigenvalue weighted by Gasteiger charge is 2.24. The predicted molar refractivity (Wildman–Crippen MR) is 97.8 cm³/mol. The van der Waals surface area contributed by atoms with Gasteiger partial charge in [0.15, 0.2) is 17.6 Å². The van der Waals surface area contributed by atoms with Gasteiger partial charge in [0, 0.05) is 7.05 Å². The summed E-state index contributed by atoms with van der Waals surface area (Å²) in [5.74, 6) is 0.748. The number of nitrogens with one attached hydrogen (secondary N) is 1. The molecule has 136 valence electrons. The molecular weight excluding hydrogens is 356 g/mol.